The SMILES string of the molecule is COc1ccccc1CCNc1cncc(C(=O)NCc2ccccc2OC)c1. The van der Waals surface area contributed by atoms with Gasteiger partial charge in [-0.05, 0) is 30.2 Å². The fraction of sp³-hybridized carbons (Fsp3) is 0.217. The lowest BCUT2D eigenvalue weighted by Gasteiger charge is -2.11. The number of amides is 1. The first-order valence-corrected chi connectivity index (χ1v) is 9.42. The number of pyridine rings is 1. The molecule has 0 saturated heterocycles. The van der Waals surface area contributed by atoms with Crippen molar-refractivity contribution in [3.63, 3.8) is 0 Å². The van der Waals surface area contributed by atoms with Crippen molar-refractivity contribution in [3.8, 4) is 11.5 Å². The average Bonchev–Trinajstić information content (AvgIpc) is 2.78. The third-order valence-corrected chi connectivity index (χ3v) is 4.55. The molecule has 0 aliphatic carbocycles. The van der Waals surface area contributed by atoms with E-state index in [4.69, 9.17) is 9.47 Å². The summed E-state index contributed by atoms with van der Waals surface area (Å²) in [6, 6.07) is 17.3. The summed E-state index contributed by atoms with van der Waals surface area (Å²) in [7, 11) is 3.29. The number of nitrogens with zero attached hydrogens (tertiary/aromatic N) is 1. The molecule has 0 radical (unpaired) electrons. The van der Waals surface area contributed by atoms with E-state index in [1.54, 1.807) is 32.7 Å². The van der Waals surface area contributed by atoms with Gasteiger partial charge in [-0.3, -0.25) is 9.78 Å². The molecule has 1 aromatic heterocycles. The van der Waals surface area contributed by atoms with Crippen molar-refractivity contribution in [1.82, 2.24) is 10.3 Å². The van der Waals surface area contributed by atoms with Gasteiger partial charge in [-0.2, -0.15) is 0 Å². The molecule has 0 bridgehead atoms. The van der Waals surface area contributed by atoms with E-state index < -0.39 is 0 Å². The summed E-state index contributed by atoms with van der Waals surface area (Å²) in [5.41, 5.74) is 3.34. The number of hydrogen-bond acceptors (Lipinski definition) is 5. The topological polar surface area (TPSA) is 72.5 Å². The maximum atomic E-state index is 12.5. The summed E-state index contributed by atoms with van der Waals surface area (Å²) < 4.78 is 10.7. The van der Waals surface area contributed by atoms with Crippen LogP contribution in [-0.4, -0.2) is 31.7 Å². The molecule has 1 amide bonds. The van der Waals surface area contributed by atoms with Crippen LogP contribution in [0.15, 0.2) is 67.0 Å². The van der Waals surface area contributed by atoms with Gasteiger partial charge < -0.3 is 20.1 Å². The van der Waals surface area contributed by atoms with Crippen LogP contribution in [0.2, 0.25) is 0 Å². The van der Waals surface area contributed by atoms with Crippen molar-refractivity contribution < 1.29 is 14.3 Å². The Balaban J connectivity index is 1.56. The summed E-state index contributed by atoms with van der Waals surface area (Å²) in [6.45, 7) is 1.09. The first kappa shape index (κ1) is 20.2. The average molecular weight is 391 g/mol. The van der Waals surface area contributed by atoms with Crippen LogP contribution in [0.5, 0.6) is 11.5 Å². The number of anilines is 1. The Morgan fingerprint density at radius 3 is 2.31 bits per heavy atom. The summed E-state index contributed by atoms with van der Waals surface area (Å²) in [5, 5.41) is 6.22. The molecule has 1 heterocycles. The third-order valence-electron chi connectivity index (χ3n) is 4.55. The molecule has 0 spiro atoms. The fourth-order valence-electron chi connectivity index (χ4n) is 3.04. The summed E-state index contributed by atoms with van der Waals surface area (Å²) in [6.07, 6.45) is 4.07. The minimum Gasteiger partial charge on any atom is -0.496 e. The molecular weight excluding hydrogens is 366 g/mol. The van der Waals surface area contributed by atoms with E-state index in [1.807, 2.05) is 48.5 Å². The number of methoxy groups -OCH3 is 2. The van der Waals surface area contributed by atoms with Gasteiger partial charge in [-0.15, -0.1) is 0 Å². The molecule has 3 aromatic rings. The Labute approximate surface area is 170 Å². The Bertz CT molecular complexity index is 959. The molecule has 150 valence electrons. The molecule has 0 atom stereocenters. The number of benzene rings is 2. The van der Waals surface area contributed by atoms with Crippen molar-refractivity contribution in [2.45, 2.75) is 13.0 Å². The predicted octanol–water partition coefficient (Wildman–Crippen LogP) is 3.68. The van der Waals surface area contributed by atoms with Gasteiger partial charge in [0.15, 0.2) is 0 Å². The second kappa shape index (κ2) is 10.1. The van der Waals surface area contributed by atoms with Crippen LogP contribution in [-0.2, 0) is 13.0 Å². The van der Waals surface area contributed by atoms with E-state index in [0.29, 0.717) is 18.7 Å². The molecule has 0 saturated carbocycles. The highest BCUT2D eigenvalue weighted by Crippen LogP contribution is 2.19. The summed E-state index contributed by atoms with van der Waals surface area (Å²) >= 11 is 0. The number of ether oxygens (including phenoxy) is 2. The van der Waals surface area contributed by atoms with Crippen LogP contribution in [0.4, 0.5) is 5.69 Å². The third kappa shape index (κ3) is 5.48. The van der Waals surface area contributed by atoms with Crippen LogP contribution in [0, 0.1) is 0 Å². The van der Waals surface area contributed by atoms with Crippen molar-refractivity contribution in [3.05, 3.63) is 83.7 Å². The number of aromatic nitrogens is 1. The first-order chi connectivity index (χ1) is 14.2. The number of para-hydroxylation sites is 2. The highest BCUT2D eigenvalue weighted by atomic mass is 16.5. The Morgan fingerprint density at radius 1 is 0.931 bits per heavy atom. The fourth-order valence-corrected chi connectivity index (χ4v) is 3.04. The van der Waals surface area contributed by atoms with E-state index >= 15 is 0 Å². The van der Waals surface area contributed by atoms with Gasteiger partial charge in [0.1, 0.15) is 11.5 Å². The predicted molar refractivity (Wildman–Crippen MR) is 114 cm³/mol. The minimum absolute atomic E-state index is 0.184. The van der Waals surface area contributed by atoms with Crippen LogP contribution in [0.3, 0.4) is 0 Å². The second-order valence-corrected chi connectivity index (χ2v) is 6.45. The van der Waals surface area contributed by atoms with E-state index in [0.717, 1.165) is 34.7 Å². The number of hydrogen-bond donors (Lipinski definition) is 2. The van der Waals surface area contributed by atoms with Crippen LogP contribution >= 0.6 is 0 Å². The molecule has 2 aromatic carbocycles. The molecule has 0 aliphatic heterocycles. The van der Waals surface area contributed by atoms with Gasteiger partial charge in [0, 0.05) is 31.0 Å². The lowest BCUT2D eigenvalue weighted by Crippen LogP contribution is -2.23. The van der Waals surface area contributed by atoms with Gasteiger partial charge in [-0.1, -0.05) is 36.4 Å². The zero-order valence-electron chi connectivity index (χ0n) is 16.6. The monoisotopic (exact) mass is 391 g/mol. The standard InChI is InChI=1S/C23H25N3O3/c1-28-21-9-5-3-7-17(21)11-12-25-20-13-19(14-24-16-20)23(27)26-15-18-8-4-6-10-22(18)29-2/h3-10,13-14,16,25H,11-12,15H2,1-2H3,(H,26,27). The number of carbonyl (C=O) groups excluding carboxylic acids is 1. The van der Waals surface area contributed by atoms with Crippen LogP contribution < -0.4 is 20.1 Å². The Morgan fingerprint density at radius 2 is 1.59 bits per heavy atom. The molecule has 6 nitrogen and oxygen atoms in total. The molecule has 0 unspecified atom stereocenters. The van der Waals surface area contributed by atoms with E-state index in [9.17, 15) is 4.79 Å². The lowest BCUT2D eigenvalue weighted by molar-refractivity contribution is 0.0950. The largest absolute Gasteiger partial charge is 0.496 e. The summed E-state index contributed by atoms with van der Waals surface area (Å²) in [4.78, 5) is 16.7. The molecule has 3 rings (SSSR count). The maximum absolute atomic E-state index is 12.5. The van der Waals surface area contributed by atoms with Crippen molar-refractivity contribution >= 4 is 11.6 Å². The molecule has 0 aliphatic rings. The van der Waals surface area contributed by atoms with Crippen molar-refractivity contribution in [2.75, 3.05) is 26.1 Å². The second-order valence-electron chi connectivity index (χ2n) is 6.45. The van der Waals surface area contributed by atoms with Crippen molar-refractivity contribution in [1.29, 1.82) is 0 Å². The smallest absolute Gasteiger partial charge is 0.253 e. The lowest BCUT2D eigenvalue weighted by atomic mass is 10.1. The normalized spacial score (nSPS) is 10.3. The van der Waals surface area contributed by atoms with E-state index in [2.05, 4.69) is 15.6 Å². The molecule has 29 heavy (non-hydrogen) atoms. The van der Waals surface area contributed by atoms with Gasteiger partial charge >= 0.3 is 0 Å². The zero-order valence-corrected chi connectivity index (χ0v) is 16.6. The Hall–Kier alpha value is -3.54. The quantitative estimate of drug-likeness (QED) is 0.582. The minimum atomic E-state index is -0.184. The van der Waals surface area contributed by atoms with Crippen LogP contribution in [0.1, 0.15) is 21.5 Å². The number of carbonyl (C=O) groups is 1. The summed E-state index contributed by atoms with van der Waals surface area (Å²) in [5.74, 6) is 1.44. The molecular formula is C23H25N3O3. The van der Waals surface area contributed by atoms with Crippen LogP contribution in [0.25, 0.3) is 0 Å². The first-order valence-electron chi connectivity index (χ1n) is 9.42. The molecule has 2 N–H and O–H groups in total. The highest BCUT2D eigenvalue weighted by molar-refractivity contribution is 5.94. The molecule has 6 heteroatoms. The highest BCUT2D eigenvalue weighted by Gasteiger charge is 2.09. The zero-order chi connectivity index (χ0) is 20.5. The van der Waals surface area contributed by atoms with Crippen molar-refractivity contribution in [2.24, 2.45) is 0 Å². The number of rotatable bonds is 9. The van der Waals surface area contributed by atoms with Gasteiger partial charge in [0.2, 0.25) is 0 Å². The van der Waals surface area contributed by atoms with E-state index in [-0.39, 0.29) is 5.91 Å². The maximum Gasteiger partial charge on any atom is 0.253 e. The number of nitrogens with one attached hydrogen (secondary N) is 2. The van der Waals surface area contributed by atoms with Gasteiger partial charge in [0.25, 0.3) is 5.91 Å². The van der Waals surface area contributed by atoms with Gasteiger partial charge in [-0.25, -0.2) is 0 Å². The van der Waals surface area contributed by atoms with Gasteiger partial charge in [0.05, 0.1) is 25.5 Å². The Kier molecular flexibility index (Phi) is 7.05. The molecule has 0 fully saturated rings. The van der Waals surface area contributed by atoms with E-state index in [1.165, 1.54) is 0 Å².